The second-order valence-electron chi connectivity index (χ2n) is 7.45. The third-order valence-corrected chi connectivity index (χ3v) is 6.58. The molecule has 0 radical (unpaired) electrons. The summed E-state index contributed by atoms with van der Waals surface area (Å²) in [5.74, 6) is 1.43. The lowest BCUT2D eigenvalue weighted by Gasteiger charge is -2.22. The van der Waals surface area contributed by atoms with Crippen molar-refractivity contribution in [3.8, 4) is 11.3 Å². The Hall–Kier alpha value is -1.56. The molecule has 5 nitrogen and oxygen atoms in total. The van der Waals surface area contributed by atoms with E-state index in [1.807, 2.05) is 0 Å². The number of nitrogens with zero attached hydrogens (tertiary/aromatic N) is 1. The van der Waals surface area contributed by atoms with Gasteiger partial charge in [-0.3, -0.25) is 0 Å². The molecule has 1 unspecified atom stereocenters. The van der Waals surface area contributed by atoms with E-state index in [9.17, 15) is 4.79 Å². The lowest BCUT2D eigenvalue weighted by Crippen LogP contribution is -2.35. The second kappa shape index (κ2) is 6.25. The minimum absolute atomic E-state index is 0.0520. The Morgan fingerprint density at radius 3 is 2.77 bits per heavy atom. The van der Waals surface area contributed by atoms with Gasteiger partial charge in [0.25, 0.3) is 0 Å². The predicted octanol–water partition coefficient (Wildman–Crippen LogP) is 4.19. The van der Waals surface area contributed by atoms with E-state index >= 15 is 0 Å². The third kappa shape index (κ3) is 2.65. The molecule has 0 spiro atoms. The number of ether oxygens (including phenoxy) is 1. The van der Waals surface area contributed by atoms with Gasteiger partial charge in [-0.2, -0.15) is 0 Å². The Labute approximate surface area is 161 Å². The molecule has 1 saturated heterocycles. The van der Waals surface area contributed by atoms with E-state index in [1.54, 1.807) is 18.2 Å². The summed E-state index contributed by atoms with van der Waals surface area (Å²) >= 11 is 12.5. The van der Waals surface area contributed by atoms with Crippen LogP contribution in [0.15, 0.2) is 29.0 Å². The van der Waals surface area contributed by atoms with Crippen LogP contribution in [0.2, 0.25) is 10.0 Å². The molecule has 2 saturated carbocycles. The van der Waals surface area contributed by atoms with Crippen molar-refractivity contribution >= 4 is 29.2 Å². The van der Waals surface area contributed by atoms with Gasteiger partial charge >= 0.3 is 5.97 Å². The first-order valence-corrected chi connectivity index (χ1v) is 9.72. The number of carbonyl (C=O) groups excluding carboxylic acids is 1. The lowest BCUT2D eigenvalue weighted by molar-refractivity contribution is 0.0155. The van der Waals surface area contributed by atoms with Crippen LogP contribution >= 0.6 is 23.2 Å². The van der Waals surface area contributed by atoms with Crippen LogP contribution in [-0.2, 0) is 4.74 Å². The molecule has 7 heteroatoms. The lowest BCUT2D eigenvalue weighted by atomic mass is 9.92. The average Bonchev–Trinajstić information content (AvgIpc) is 3.06. The Bertz CT molecular complexity index is 844. The largest absolute Gasteiger partial charge is 0.458 e. The van der Waals surface area contributed by atoms with Gasteiger partial charge in [0.1, 0.15) is 23.6 Å². The minimum atomic E-state index is -0.427. The second-order valence-corrected chi connectivity index (χ2v) is 8.26. The molecule has 136 valence electrons. The Balaban J connectivity index is 1.39. The summed E-state index contributed by atoms with van der Waals surface area (Å²) in [7, 11) is 0. The van der Waals surface area contributed by atoms with Crippen molar-refractivity contribution in [3.63, 3.8) is 0 Å². The number of benzene rings is 1. The molecule has 26 heavy (non-hydrogen) atoms. The number of nitrogens with one attached hydrogen (secondary N) is 1. The fraction of sp³-hybridized carbons (Fsp3) is 0.474. The quantitative estimate of drug-likeness (QED) is 0.790. The van der Waals surface area contributed by atoms with Crippen molar-refractivity contribution in [2.45, 2.75) is 31.4 Å². The van der Waals surface area contributed by atoms with Crippen molar-refractivity contribution in [1.82, 2.24) is 10.5 Å². The van der Waals surface area contributed by atoms with Gasteiger partial charge in [0.05, 0.1) is 10.0 Å². The van der Waals surface area contributed by atoms with Crippen molar-refractivity contribution < 1.29 is 14.1 Å². The Morgan fingerprint density at radius 2 is 2.04 bits per heavy atom. The fourth-order valence-corrected chi connectivity index (χ4v) is 5.26. The number of halogens is 2. The number of hydrogen-bond acceptors (Lipinski definition) is 5. The maximum absolute atomic E-state index is 12.8. The number of esters is 1. The number of piperidine rings is 1. The molecule has 3 aliphatic rings. The molecule has 4 atom stereocenters. The van der Waals surface area contributed by atoms with Crippen molar-refractivity contribution in [2.24, 2.45) is 17.8 Å². The molecule has 2 heterocycles. The first-order chi connectivity index (χ1) is 12.6. The molecule has 1 aromatic carbocycles. The highest BCUT2D eigenvalue weighted by molar-refractivity contribution is 6.39. The molecule has 3 fully saturated rings. The van der Waals surface area contributed by atoms with E-state index in [4.69, 9.17) is 32.5 Å². The smallest absolute Gasteiger partial charge is 0.344 e. The minimum Gasteiger partial charge on any atom is -0.458 e. The molecule has 2 aromatic rings. The summed E-state index contributed by atoms with van der Waals surface area (Å²) in [6.07, 6.45) is 4.75. The number of rotatable bonds is 4. The van der Waals surface area contributed by atoms with Gasteiger partial charge in [0.15, 0.2) is 0 Å². The predicted molar refractivity (Wildman–Crippen MR) is 97.3 cm³/mol. The molecule has 5 rings (SSSR count). The molecule has 0 amide bonds. The van der Waals surface area contributed by atoms with Crippen LogP contribution in [0.1, 0.15) is 29.6 Å². The zero-order chi connectivity index (χ0) is 17.8. The van der Waals surface area contributed by atoms with Crippen LogP contribution in [-0.4, -0.2) is 29.8 Å². The topological polar surface area (TPSA) is 64.4 Å². The van der Waals surface area contributed by atoms with E-state index in [0.717, 1.165) is 18.9 Å². The third-order valence-electron chi connectivity index (χ3n) is 5.95. The Kier molecular flexibility index (Phi) is 3.99. The molecular formula is C19H18Cl2N2O3. The van der Waals surface area contributed by atoms with Gasteiger partial charge in [-0.15, -0.1) is 0 Å². The van der Waals surface area contributed by atoms with E-state index < -0.39 is 5.97 Å². The summed E-state index contributed by atoms with van der Waals surface area (Å²) in [5, 5.41) is 8.34. The van der Waals surface area contributed by atoms with E-state index in [-0.39, 0.29) is 11.7 Å². The van der Waals surface area contributed by atoms with Crippen molar-refractivity contribution in [2.75, 3.05) is 6.54 Å². The first kappa shape index (κ1) is 16.6. The fourth-order valence-electron chi connectivity index (χ4n) is 4.68. The number of fused-ring (bicyclic) bond motifs is 2. The van der Waals surface area contributed by atoms with Crippen LogP contribution < -0.4 is 5.32 Å². The average molecular weight is 393 g/mol. The van der Waals surface area contributed by atoms with Gasteiger partial charge in [-0.1, -0.05) is 34.4 Å². The summed E-state index contributed by atoms with van der Waals surface area (Å²) in [6, 6.07) is 5.63. The maximum Gasteiger partial charge on any atom is 0.344 e. The summed E-state index contributed by atoms with van der Waals surface area (Å²) in [6.45, 7) is 0.927. The summed E-state index contributed by atoms with van der Waals surface area (Å²) in [5.41, 5.74) is 1.08. The summed E-state index contributed by atoms with van der Waals surface area (Å²) < 4.78 is 10.9. The number of carbonyl (C=O) groups is 1. The van der Waals surface area contributed by atoms with Crippen LogP contribution in [0.3, 0.4) is 0 Å². The SMILES string of the molecule is O=C(O[C@@H]1C[C@@H]2NC[C@@H]1C2C1CC1)c1conc1-c1c(Cl)cccc1Cl. The highest BCUT2D eigenvalue weighted by atomic mass is 35.5. The number of aromatic nitrogens is 1. The zero-order valence-corrected chi connectivity index (χ0v) is 15.5. The van der Waals surface area contributed by atoms with Gasteiger partial charge in [0, 0.05) is 30.5 Å². The van der Waals surface area contributed by atoms with Crippen LogP contribution in [0.25, 0.3) is 11.3 Å². The molecule has 1 aliphatic heterocycles. The number of hydrogen-bond donors (Lipinski definition) is 1. The van der Waals surface area contributed by atoms with Crippen LogP contribution in [0.5, 0.6) is 0 Å². The van der Waals surface area contributed by atoms with E-state index in [0.29, 0.717) is 39.2 Å². The molecule has 1 N–H and O–H groups in total. The van der Waals surface area contributed by atoms with Gasteiger partial charge in [0.2, 0.25) is 0 Å². The Morgan fingerprint density at radius 1 is 1.27 bits per heavy atom. The van der Waals surface area contributed by atoms with Crippen molar-refractivity contribution in [3.05, 3.63) is 40.1 Å². The van der Waals surface area contributed by atoms with E-state index in [2.05, 4.69) is 10.5 Å². The summed E-state index contributed by atoms with van der Waals surface area (Å²) in [4.78, 5) is 12.8. The maximum atomic E-state index is 12.8. The molecule has 2 aliphatic carbocycles. The molecule has 1 aromatic heterocycles. The highest BCUT2D eigenvalue weighted by Crippen LogP contribution is 2.51. The normalized spacial score (nSPS) is 29.9. The molecular weight excluding hydrogens is 375 g/mol. The van der Waals surface area contributed by atoms with Crippen LogP contribution in [0.4, 0.5) is 0 Å². The van der Waals surface area contributed by atoms with Gasteiger partial charge < -0.3 is 14.6 Å². The monoisotopic (exact) mass is 392 g/mol. The van der Waals surface area contributed by atoms with Gasteiger partial charge in [-0.05, 0) is 36.8 Å². The standard InChI is InChI=1S/C19H18Cl2N2O3/c20-12-2-1-3-13(21)17(12)18-11(8-25-23-18)19(24)26-15-6-14-16(9-4-5-9)10(15)7-22-14/h1-3,8-10,14-16,22H,4-7H2/t10-,14-,15+,16?/m0/s1. The van der Waals surface area contributed by atoms with Crippen molar-refractivity contribution in [1.29, 1.82) is 0 Å². The molecule has 2 bridgehead atoms. The van der Waals surface area contributed by atoms with Crippen LogP contribution in [0, 0.1) is 17.8 Å². The van der Waals surface area contributed by atoms with Gasteiger partial charge in [-0.25, -0.2) is 4.79 Å². The first-order valence-electron chi connectivity index (χ1n) is 8.96. The van der Waals surface area contributed by atoms with E-state index in [1.165, 1.54) is 19.1 Å². The zero-order valence-electron chi connectivity index (χ0n) is 14.0. The highest BCUT2D eigenvalue weighted by Gasteiger charge is 2.54.